The molecule has 3 rings (SSSR count). The number of nitrogens with zero attached hydrogens (tertiary/aromatic N) is 2. The van der Waals surface area contributed by atoms with E-state index in [4.69, 9.17) is 16.7 Å². The zero-order chi connectivity index (χ0) is 17.6. The number of aryl methyl sites for hydroxylation is 1. The van der Waals surface area contributed by atoms with E-state index in [0.29, 0.717) is 25.5 Å². The van der Waals surface area contributed by atoms with Crippen molar-refractivity contribution >= 4 is 49.7 Å². The lowest BCUT2D eigenvalue weighted by Gasteiger charge is -2.08. The Balaban J connectivity index is 2.21. The summed E-state index contributed by atoms with van der Waals surface area (Å²) < 4.78 is 2.98. The Hall–Kier alpha value is -1.90. The predicted molar refractivity (Wildman–Crippen MR) is 95.8 cm³/mol. The molecule has 0 atom stereocenters. The van der Waals surface area contributed by atoms with Crippen molar-refractivity contribution in [2.24, 2.45) is 0 Å². The normalized spacial score (nSPS) is 11.1. The van der Waals surface area contributed by atoms with Gasteiger partial charge in [0.2, 0.25) is 0 Å². The van der Waals surface area contributed by atoms with Gasteiger partial charge in [-0.25, -0.2) is 9.59 Å². The molecule has 0 amide bonds. The molecular weight excluding hydrogens is 420 g/mol. The maximum absolute atomic E-state index is 12.6. The average Bonchev–Trinajstić information content (AvgIpc) is 2.99. The molecule has 0 unspecified atom stereocenters. The Labute approximate surface area is 152 Å². The molecule has 0 fully saturated rings. The van der Waals surface area contributed by atoms with Crippen LogP contribution in [0, 0.1) is 6.92 Å². The van der Waals surface area contributed by atoms with Crippen molar-refractivity contribution in [1.82, 2.24) is 8.97 Å². The van der Waals surface area contributed by atoms with Crippen LogP contribution < -0.4 is 11.2 Å². The lowest BCUT2D eigenvalue weighted by molar-refractivity contribution is 0.0701. The SMILES string of the molecule is Cc1c(=O)n(Cc2ccc(Br)c(Cl)c2)c(=O)n2cc(C(=O)O)sc12. The summed E-state index contributed by atoms with van der Waals surface area (Å²) in [4.78, 5) is 36.6. The minimum absolute atomic E-state index is 0.000892. The number of carboxylic acid groups (broad SMARTS) is 1. The smallest absolute Gasteiger partial charge is 0.347 e. The molecule has 6 nitrogen and oxygen atoms in total. The predicted octanol–water partition coefficient (Wildman–Crippen LogP) is 2.99. The fourth-order valence-corrected chi connectivity index (χ4v) is 3.70. The molecule has 0 aliphatic carbocycles. The summed E-state index contributed by atoms with van der Waals surface area (Å²) in [6, 6.07) is 5.15. The van der Waals surface area contributed by atoms with E-state index in [2.05, 4.69) is 15.9 Å². The van der Waals surface area contributed by atoms with Gasteiger partial charge in [0.15, 0.2) is 0 Å². The Morgan fingerprint density at radius 2 is 2.08 bits per heavy atom. The maximum atomic E-state index is 12.6. The first-order valence-electron chi connectivity index (χ1n) is 6.72. The number of hydrogen-bond acceptors (Lipinski definition) is 4. The summed E-state index contributed by atoms with van der Waals surface area (Å²) in [6.07, 6.45) is 1.24. The molecule has 0 aliphatic rings. The molecule has 0 saturated carbocycles. The molecule has 0 saturated heterocycles. The zero-order valence-electron chi connectivity index (χ0n) is 12.2. The molecule has 24 heavy (non-hydrogen) atoms. The first-order valence-corrected chi connectivity index (χ1v) is 8.71. The van der Waals surface area contributed by atoms with Gasteiger partial charge >= 0.3 is 11.7 Å². The third-order valence-corrected chi connectivity index (χ3v) is 5.96. The fourth-order valence-electron chi connectivity index (χ4n) is 2.32. The summed E-state index contributed by atoms with van der Waals surface area (Å²) in [5.41, 5.74) is -0.00744. The topological polar surface area (TPSA) is 80.8 Å². The van der Waals surface area contributed by atoms with Crippen LogP contribution in [-0.2, 0) is 6.54 Å². The molecule has 3 aromatic rings. The van der Waals surface area contributed by atoms with Crippen LogP contribution in [0.2, 0.25) is 5.02 Å². The van der Waals surface area contributed by atoms with Crippen LogP contribution in [0.4, 0.5) is 0 Å². The van der Waals surface area contributed by atoms with E-state index in [0.717, 1.165) is 15.9 Å². The molecule has 0 aliphatic heterocycles. The highest BCUT2D eigenvalue weighted by molar-refractivity contribution is 9.10. The van der Waals surface area contributed by atoms with Crippen LogP contribution in [0.1, 0.15) is 20.8 Å². The summed E-state index contributed by atoms with van der Waals surface area (Å²) in [5.74, 6) is -1.14. The second kappa shape index (κ2) is 6.19. The molecule has 0 radical (unpaired) electrons. The van der Waals surface area contributed by atoms with E-state index >= 15 is 0 Å². The fraction of sp³-hybridized carbons (Fsp3) is 0.133. The number of rotatable bonds is 3. The molecule has 1 N–H and O–H groups in total. The molecule has 2 aromatic heterocycles. The monoisotopic (exact) mass is 428 g/mol. The van der Waals surface area contributed by atoms with Crippen molar-refractivity contribution in [3.05, 3.63) is 70.7 Å². The molecule has 1 aromatic carbocycles. The number of halogens is 2. The molecule has 9 heteroatoms. The molecule has 0 spiro atoms. The number of thiazole rings is 1. The maximum Gasteiger partial charge on any atom is 0.347 e. The lowest BCUT2D eigenvalue weighted by atomic mass is 10.2. The standard InChI is InChI=1S/C15H10BrClN2O4S/c1-7-12(20)18(5-8-2-3-9(16)10(17)4-8)15(23)19-6-11(14(21)22)24-13(7)19/h2-4,6H,5H2,1H3,(H,21,22). The number of hydrogen-bond donors (Lipinski definition) is 1. The van der Waals surface area contributed by atoms with E-state index in [1.807, 2.05) is 0 Å². The molecule has 2 heterocycles. The van der Waals surface area contributed by atoms with E-state index < -0.39 is 17.2 Å². The lowest BCUT2D eigenvalue weighted by Crippen LogP contribution is -2.38. The third-order valence-electron chi connectivity index (χ3n) is 3.53. The van der Waals surface area contributed by atoms with E-state index in [1.54, 1.807) is 25.1 Å². The van der Waals surface area contributed by atoms with Crippen LogP contribution >= 0.6 is 38.9 Å². The summed E-state index contributed by atoms with van der Waals surface area (Å²) >= 11 is 10.2. The van der Waals surface area contributed by atoms with Gasteiger partial charge in [-0.2, -0.15) is 0 Å². The van der Waals surface area contributed by atoms with Crippen molar-refractivity contribution in [3.63, 3.8) is 0 Å². The van der Waals surface area contributed by atoms with Crippen molar-refractivity contribution < 1.29 is 9.90 Å². The van der Waals surface area contributed by atoms with Crippen molar-refractivity contribution in [2.75, 3.05) is 0 Å². The van der Waals surface area contributed by atoms with Gasteiger partial charge in [-0.15, -0.1) is 11.3 Å². The Morgan fingerprint density at radius 1 is 1.38 bits per heavy atom. The number of fused-ring (bicyclic) bond motifs is 1. The first-order chi connectivity index (χ1) is 11.3. The van der Waals surface area contributed by atoms with E-state index in [1.165, 1.54) is 10.6 Å². The summed E-state index contributed by atoms with van der Waals surface area (Å²) in [6.45, 7) is 1.62. The second-order valence-corrected chi connectivity index (χ2v) is 7.42. The number of carbonyl (C=O) groups is 1. The van der Waals surface area contributed by atoms with E-state index in [9.17, 15) is 14.4 Å². The summed E-state index contributed by atoms with van der Waals surface area (Å²) in [7, 11) is 0. The van der Waals surface area contributed by atoms with Gasteiger partial charge in [0, 0.05) is 16.2 Å². The Morgan fingerprint density at radius 3 is 2.71 bits per heavy atom. The first kappa shape index (κ1) is 16.9. The number of carboxylic acids is 1. The molecule has 124 valence electrons. The largest absolute Gasteiger partial charge is 0.477 e. The third kappa shape index (κ3) is 2.81. The number of benzene rings is 1. The van der Waals surface area contributed by atoms with Crippen molar-refractivity contribution in [2.45, 2.75) is 13.5 Å². The second-order valence-electron chi connectivity index (χ2n) is 5.12. The molecule has 0 bridgehead atoms. The van der Waals surface area contributed by atoms with Gasteiger partial charge in [-0.1, -0.05) is 17.7 Å². The van der Waals surface area contributed by atoms with Gasteiger partial charge in [0.25, 0.3) is 5.56 Å². The van der Waals surface area contributed by atoms with Crippen LogP contribution in [0.5, 0.6) is 0 Å². The minimum Gasteiger partial charge on any atom is -0.477 e. The highest BCUT2D eigenvalue weighted by atomic mass is 79.9. The van der Waals surface area contributed by atoms with Gasteiger partial charge < -0.3 is 5.11 Å². The van der Waals surface area contributed by atoms with E-state index in [-0.39, 0.29) is 11.4 Å². The van der Waals surface area contributed by atoms with Gasteiger partial charge in [-0.3, -0.25) is 13.8 Å². The zero-order valence-corrected chi connectivity index (χ0v) is 15.4. The summed E-state index contributed by atoms with van der Waals surface area (Å²) in [5, 5.41) is 9.56. The quantitative estimate of drug-likeness (QED) is 0.694. The van der Waals surface area contributed by atoms with Gasteiger partial charge in [0.1, 0.15) is 9.71 Å². The van der Waals surface area contributed by atoms with Crippen LogP contribution in [-0.4, -0.2) is 20.0 Å². The molecular formula is C15H10BrClN2O4S. The van der Waals surface area contributed by atoms with Crippen molar-refractivity contribution in [3.8, 4) is 0 Å². The van der Waals surface area contributed by atoms with Crippen LogP contribution in [0.25, 0.3) is 4.83 Å². The minimum atomic E-state index is -1.14. The van der Waals surface area contributed by atoms with Gasteiger partial charge in [0.05, 0.1) is 11.6 Å². The highest BCUT2D eigenvalue weighted by Gasteiger charge is 2.17. The Bertz CT molecular complexity index is 1100. The number of aromatic carboxylic acids is 1. The Kier molecular flexibility index (Phi) is 4.37. The van der Waals surface area contributed by atoms with Crippen molar-refractivity contribution in [1.29, 1.82) is 0 Å². The average molecular weight is 430 g/mol. The highest BCUT2D eigenvalue weighted by Crippen LogP contribution is 2.23. The van der Waals surface area contributed by atoms with Crippen LogP contribution in [0.15, 0.2) is 38.5 Å². The van der Waals surface area contributed by atoms with Crippen LogP contribution in [0.3, 0.4) is 0 Å². The van der Waals surface area contributed by atoms with Gasteiger partial charge in [-0.05, 0) is 40.5 Å². The number of aromatic nitrogens is 2.